The first kappa shape index (κ1) is 27.6. The number of nitrogens with zero attached hydrogens (tertiary/aromatic N) is 2. The molecule has 0 bridgehead atoms. The summed E-state index contributed by atoms with van der Waals surface area (Å²) in [5.41, 5.74) is 0.659. The van der Waals surface area contributed by atoms with Gasteiger partial charge in [-0.05, 0) is 23.8 Å². The highest BCUT2D eigenvalue weighted by Gasteiger charge is 2.38. The second-order valence-corrected chi connectivity index (χ2v) is 9.46. The monoisotopic (exact) mass is 521 g/mol. The van der Waals surface area contributed by atoms with Gasteiger partial charge < -0.3 is 15.3 Å². The maximum atomic E-state index is 13.2. The Balaban J connectivity index is 0.000000509. The van der Waals surface area contributed by atoms with Gasteiger partial charge in [-0.25, -0.2) is 13.2 Å². The first-order valence-corrected chi connectivity index (χ1v) is 11.8. The van der Waals surface area contributed by atoms with Crippen molar-refractivity contribution in [3.63, 3.8) is 0 Å². The minimum Gasteiger partial charge on any atom is -0.475 e. The molecule has 1 aliphatic heterocycles. The van der Waals surface area contributed by atoms with E-state index >= 15 is 0 Å². The van der Waals surface area contributed by atoms with Crippen molar-refractivity contribution in [1.82, 2.24) is 14.5 Å². The number of benzene rings is 2. The number of hydrogen-bond acceptors (Lipinski definition) is 5. The maximum absolute atomic E-state index is 13.2. The summed E-state index contributed by atoms with van der Waals surface area (Å²) < 4.78 is 59.3. The predicted octanol–water partition coefficient (Wildman–Crippen LogP) is 2.60. The van der Waals surface area contributed by atoms with Crippen molar-refractivity contribution < 1.29 is 36.3 Å². The van der Waals surface area contributed by atoms with Gasteiger partial charge in [-0.2, -0.15) is 17.5 Å². The quantitative estimate of drug-likeness (QED) is 0.605. The summed E-state index contributed by atoms with van der Waals surface area (Å²) in [7, 11) is -3.84. The first-order chi connectivity index (χ1) is 15.9. The summed E-state index contributed by atoms with van der Waals surface area (Å²) in [6.07, 6.45) is -5.08. The third-order valence-electron chi connectivity index (χ3n) is 4.71. The topological polar surface area (TPSA) is 107 Å². The molecule has 0 spiro atoms. The summed E-state index contributed by atoms with van der Waals surface area (Å²) >= 11 is 6.22. The fraction of sp³-hybridized carbons (Fsp3) is 0.333. The summed E-state index contributed by atoms with van der Waals surface area (Å²) in [6, 6.07) is 15.2. The normalized spacial score (nSPS) is 14.3. The number of alkyl halides is 3. The summed E-state index contributed by atoms with van der Waals surface area (Å²) in [5, 5.41) is 10.8. The van der Waals surface area contributed by atoms with Crippen LogP contribution in [0.1, 0.15) is 5.56 Å². The van der Waals surface area contributed by atoms with Gasteiger partial charge >= 0.3 is 12.1 Å². The zero-order valence-electron chi connectivity index (χ0n) is 17.8. The Labute approximate surface area is 200 Å². The minimum atomic E-state index is -5.08. The SMILES string of the molecule is O=C(CN(Cc1ccccc1Cl)S(=O)(=O)c1ccccc1)N1CCNCC1.O=C(O)C(F)(F)F. The van der Waals surface area contributed by atoms with Gasteiger partial charge in [0.1, 0.15) is 0 Å². The second-order valence-electron chi connectivity index (χ2n) is 7.11. The van der Waals surface area contributed by atoms with Crippen LogP contribution in [0, 0.1) is 0 Å². The van der Waals surface area contributed by atoms with E-state index in [9.17, 15) is 26.4 Å². The van der Waals surface area contributed by atoms with Crippen LogP contribution in [0.25, 0.3) is 0 Å². The second kappa shape index (κ2) is 12.2. The Kier molecular flexibility index (Phi) is 9.86. The van der Waals surface area contributed by atoms with Crippen LogP contribution in [0.3, 0.4) is 0 Å². The lowest BCUT2D eigenvalue weighted by atomic mass is 10.2. The molecule has 2 N–H and O–H groups in total. The molecule has 0 atom stereocenters. The van der Waals surface area contributed by atoms with Crippen molar-refractivity contribution in [2.45, 2.75) is 17.6 Å². The lowest BCUT2D eigenvalue weighted by molar-refractivity contribution is -0.192. The molecule has 186 valence electrons. The van der Waals surface area contributed by atoms with Gasteiger partial charge in [0.15, 0.2) is 0 Å². The number of rotatable bonds is 6. The fourth-order valence-electron chi connectivity index (χ4n) is 2.95. The zero-order chi connectivity index (χ0) is 25.4. The van der Waals surface area contributed by atoms with E-state index in [2.05, 4.69) is 5.32 Å². The summed E-state index contributed by atoms with van der Waals surface area (Å²) in [6.45, 7) is 2.38. The number of carboxylic acid groups (broad SMARTS) is 1. The molecular weight excluding hydrogens is 499 g/mol. The van der Waals surface area contributed by atoms with E-state index in [1.807, 2.05) is 0 Å². The number of carbonyl (C=O) groups is 2. The van der Waals surface area contributed by atoms with Gasteiger partial charge in [-0.3, -0.25) is 4.79 Å². The molecule has 0 radical (unpaired) electrons. The zero-order valence-corrected chi connectivity index (χ0v) is 19.4. The molecule has 1 saturated heterocycles. The molecule has 8 nitrogen and oxygen atoms in total. The van der Waals surface area contributed by atoms with Crippen molar-refractivity contribution in [2.24, 2.45) is 0 Å². The van der Waals surface area contributed by atoms with Gasteiger partial charge in [0, 0.05) is 37.7 Å². The number of nitrogens with one attached hydrogen (secondary N) is 1. The van der Waals surface area contributed by atoms with E-state index in [1.165, 1.54) is 16.4 Å². The molecule has 13 heteroatoms. The van der Waals surface area contributed by atoms with E-state index < -0.39 is 22.2 Å². The predicted molar refractivity (Wildman–Crippen MR) is 119 cm³/mol. The molecule has 34 heavy (non-hydrogen) atoms. The van der Waals surface area contributed by atoms with Gasteiger partial charge in [0.2, 0.25) is 15.9 Å². The number of sulfonamides is 1. The third kappa shape index (κ3) is 7.97. The smallest absolute Gasteiger partial charge is 0.475 e. The molecule has 2 aromatic carbocycles. The van der Waals surface area contributed by atoms with Crippen molar-refractivity contribution >= 4 is 33.5 Å². The standard InChI is InChI=1S/C19H22ClN3O3S.C2HF3O2/c20-18-9-5-4-6-16(18)14-23(15-19(24)22-12-10-21-11-13-22)27(25,26)17-7-2-1-3-8-17;3-2(4,5)1(6)7/h1-9,21H,10-15H2;(H,6,7). The van der Waals surface area contributed by atoms with Gasteiger partial charge in [0.05, 0.1) is 11.4 Å². The summed E-state index contributed by atoms with van der Waals surface area (Å²) in [4.78, 5) is 23.5. The number of carboxylic acids is 1. The average Bonchev–Trinajstić information content (AvgIpc) is 2.81. The largest absolute Gasteiger partial charge is 0.490 e. The number of halogens is 4. The molecule has 0 aliphatic carbocycles. The molecule has 1 fully saturated rings. The van der Waals surface area contributed by atoms with Crippen LogP contribution in [-0.2, 0) is 26.2 Å². The van der Waals surface area contributed by atoms with Crippen LogP contribution >= 0.6 is 11.6 Å². The van der Waals surface area contributed by atoms with Gasteiger partial charge in [-0.15, -0.1) is 0 Å². The molecule has 0 saturated carbocycles. The number of hydrogen-bond donors (Lipinski definition) is 2. The molecule has 0 aromatic heterocycles. The average molecular weight is 522 g/mol. The Bertz CT molecular complexity index is 1080. The van der Waals surface area contributed by atoms with E-state index in [0.29, 0.717) is 36.8 Å². The van der Waals surface area contributed by atoms with Crippen LogP contribution in [0.15, 0.2) is 59.5 Å². The Hall–Kier alpha value is -2.67. The van der Waals surface area contributed by atoms with E-state index in [1.54, 1.807) is 47.4 Å². The molecule has 1 amide bonds. The fourth-order valence-corrected chi connectivity index (χ4v) is 4.53. The van der Waals surface area contributed by atoms with Crippen molar-refractivity contribution in [3.05, 3.63) is 65.2 Å². The lowest BCUT2D eigenvalue weighted by Gasteiger charge is -2.30. The van der Waals surface area contributed by atoms with E-state index in [-0.39, 0.29) is 23.9 Å². The van der Waals surface area contributed by atoms with Crippen LogP contribution in [-0.4, -0.2) is 73.5 Å². The Morgan fingerprint density at radius 3 is 2.09 bits per heavy atom. The van der Waals surface area contributed by atoms with E-state index in [4.69, 9.17) is 21.5 Å². The highest BCUT2D eigenvalue weighted by molar-refractivity contribution is 7.89. The molecule has 0 unspecified atom stereocenters. The molecule has 3 rings (SSSR count). The Morgan fingerprint density at radius 1 is 1.03 bits per heavy atom. The van der Waals surface area contributed by atoms with Crippen molar-refractivity contribution in [1.29, 1.82) is 0 Å². The van der Waals surface area contributed by atoms with E-state index in [0.717, 1.165) is 0 Å². The number of carbonyl (C=O) groups excluding carboxylic acids is 1. The lowest BCUT2D eigenvalue weighted by Crippen LogP contribution is -2.50. The van der Waals surface area contributed by atoms with Crippen molar-refractivity contribution in [3.8, 4) is 0 Å². The Morgan fingerprint density at radius 2 is 1.56 bits per heavy atom. The number of piperazine rings is 1. The summed E-state index contributed by atoms with van der Waals surface area (Å²) in [5.74, 6) is -2.96. The number of aliphatic carboxylic acids is 1. The third-order valence-corrected chi connectivity index (χ3v) is 6.88. The first-order valence-electron chi connectivity index (χ1n) is 10.00. The van der Waals surface area contributed by atoms with Gasteiger partial charge in [-0.1, -0.05) is 48.0 Å². The maximum Gasteiger partial charge on any atom is 0.490 e. The van der Waals surface area contributed by atoms with Crippen LogP contribution < -0.4 is 5.32 Å². The highest BCUT2D eigenvalue weighted by Crippen LogP contribution is 2.22. The molecular formula is C21H23ClF3N3O5S. The van der Waals surface area contributed by atoms with Crippen molar-refractivity contribution in [2.75, 3.05) is 32.7 Å². The van der Waals surface area contributed by atoms with Gasteiger partial charge in [0.25, 0.3) is 0 Å². The van der Waals surface area contributed by atoms with Crippen LogP contribution in [0.5, 0.6) is 0 Å². The van der Waals surface area contributed by atoms with Crippen LogP contribution in [0.2, 0.25) is 5.02 Å². The molecule has 1 heterocycles. The highest BCUT2D eigenvalue weighted by atomic mass is 35.5. The number of amides is 1. The molecule has 1 aliphatic rings. The minimum absolute atomic E-state index is 0.0364. The molecule has 2 aromatic rings. The van der Waals surface area contributed by atoms with Crippen LogP contribution in [0.4, 0.5) is 13.2 Å².